The zero-order chi connectivity index (χ0) is 27.1. The fraction of sp³-hybridized carbons (Fsp3) is 0.458. The second-order valence-electron chi connectivity index (χ2n) is 7.76. The van der Waals surface area contributed by atoms with Gasteiger partial charge in [-0.15, -0.1) is 0 Å². The van der Waals surface area contributed by atoms with Gasteiger partial charge in [0.2, 0.25) is 0 Å². The average Bonchev–Trinajstić information content (AvgIpc) is 2.89. The van der Waals surface area contributed by atoms with Crippen LogP contribution < -0.4 is 10.2 Å². The number of ether oxygens (including phenoxy) is 1. The molecule has 202 valence electrons. The first-order valence-electron chi connectivity index (χ1n) is 12.1. The highest BCUT2D eigenvalue weighted by atomic mass is 28.4. The van der Waals surface area contributed by atoms with Crippen molar-refractivity contribution < 1.29 is 27.7 Å². The van der Waals surface area contributed by atoms with Crippen LogP contribution in [0.5, 0.6) is 0 Å². The second-order valence-corrected chi connectivity index (χ2v) is 10.5. The Morgan fingerprint density at radius 3 is 1.95 bits per heavy atom. The minimum absolute atomic E-state index is 0.00402. The Balaban J connectivity index is 1.76. The van der Waals surface area contributed by atoms with E-state index in [0.717, 1.165) is 5.69 Å². The maximum atomic E-state index is 12.1. The molecule has 0 heterocycles. The quantitative estimate of drug-likeness (QED) is 0.0738. The number of nitrogens with one attached hydrogen (secondary N) is 1. The molecule has 0 fully saturated rings. The average molecular weight is 534 g/mol. The van der Waals surface area contributed by atoms with Crippen LogP contribution >= 0.6 is 0 Å². The second kappa shape index (κ2) is 15.7. The van der Waals surface area contributed by atoms with E-state index in [1.54, 1.807) is 24.1 Å². The van der Waals surface area contributed by atoms with E-state index in [0.29, 0.717) is 50.2 Å². The molecule has 1 amide bonds. The van der Waals surface area contributed by atoms with E-state index in [4.69, 9.17) is 18.0 Å². The van der Waals surface area contributed by atoms with E-state index in [1.165, 1.54) is 24.3 Å². The number of carbonyl (C=O) groups is 1. The smallest absolute Gasteiger partial charge is 0.428 e. The summed E-state index contributed by atoms with van der Waals surface area (Å²) in [5, 5.41) is 21.7. The normalized spacial score (nSPS) is 11.5. The summed E-state index contributed by atoms with van der Waals surface area (Å²) >= 11 is 0. The molecule has 0 aliphatic heterocycles. The van der Waals surface area contributed by atoms with Gasteiger partial charge in [-0.3, -0.25) is 10.1 Å². The Morgan fingerprint density at radius 1 is 0.946 bits per heavy atom. The van der Waals surface area contributed by atoms with Gasteiger partial charge in [0.05, 0.1) is 16.3 Å². The van der Waals surface area contributed by atoms with Gasteiger partial charge in [0.15, 0.2) is 6.73 Å². The molecule has 0 aliphatic rings. The third-order valence-corrected chi connectivity index (χ3v) is 8.19. The summed E-state index contributed by atoms with van der Waals surface area (Å²) in [5.41, 5.74) is 1.94. The van der Waals surface area contributed by atoms with Crippen molar-refractivity contribution in [3.8, 4) is 0 Å². The Morgan fingerprint density at radius 2 is 1.46 bits per heavy atom. The molecule has 0 aliphatic carbocycles. The lowest BCUT2D eigenvalue weighted by Crippen LogP contribution is -2.46. The van der Waals surface area contributed by atoms with E-state index in [9.17, 15) is 14.9 Å². The highest BCUT2D eigenvalue weighted by molar-refractivity contribution is 6.60. The Bertz CT molecular complexity index is 989. The maximum absolute atomic E-state index is 12.1. The third-order valence-electron chi connectivity index (χ3n) is 5.04. The SMILES string of the molecule is CCO[Si](CCCNC(=O)OCN(C)c1ccc(N=Nc2ccc([N+](=O)[O-])cc2)cc1)(OCC)OCC. The van der Waals surface area contributed by atoms with Gasteiger partial charge < -0.3 is 28.2 Å². The Labute approximate surface area is 218 Å². The van der Waals surface area contributed by atoms with Gasteiger partial charge in [-0.25, -0.2) is 4.79 Å². The molecular weight excluding hydrogens is 498 g/mol. The van der Waals surface area contributed by atoms with Crippen LogP contribution in [0, 0.1) is 10.1 Å². The molecule has 0 aromatic heterocycles. The lowest BCUT2D eigenvalue weighted by molar-refractivity contribution is -0.384. The van der Waals surface area contributed by atoms with Crippen molar-refractivity contribution in [3.63, 3.8) is 0 Å². The van der Waals surface area contributed by atoms with Gasteiger partial charge >= 0.3 is 14.9 Å². The number of nitro groups is 1. The first kappa shape index (κ1) is 29.8. The summed E-state index contributed by atoms with van der Waals surface area (Å²) in [6.07, 6.45) is 0.129. The molecule has 12 nitrogen and oxygen atoms in total. The van der Waals surface area contributed by atoms with Crippen LogP contribution in [0.3, 0.4) is 0 Å². The van der Waals surface area contributed by atoms with Crippen LogP contribution in [0.25, 0.3) is 0 Å². The predicted octanol–water partition coefficient (Wildman–Crippen LogP) is 5.57. The number of nitro benzene ring substituents is 1. The standard InChI is InChI=1S/C24H35N5O7Si/c1-5-34-37(35-6-2,36-7-3)18-8-17-25-24(30)33-19-28(4)22-13-9-20(10-14-22)26-27-21-11-15-23(16-12-21)29(31)32/h9-16H,5-8,17-19H2,1-4H3,(H,25,30). The van der Waals surface area contributed by atoms with Crippen molar-refractivity contribution in [2.24, 2.45) is 10.2 Å². The van der Waals surface area contributed by atoms with E-state index >= 15 is 0 Å². The molecule has 0 radical (unpaired) electrons. The summed E-state index contributed by atoms with van der Waals surface area (Å²) < 4.78 is 22.7. The van der Waals surface area contributed by atoms with Crippen LogP contribution in [0.1, 0.15) is 27.2 Å². The lowest BCUT2D eigenvalue weighted by atomic mass is 10.3. The van der Waals surface area contributed by atoms with Crippen LogP contribution in [0.15, 0.2) is 58.8 Å². The Kier molecular flexibility index (Phi) is 12.6. The fourth-order valence-electron chi connectivity index (χ4n) is 3.31. The highest BCUT2D eigenvalue weighted by Gasteiger charge is 2.39. The first-order valence-corrected chi connectivity index (χ1v) is 14.1. The summed E-state index contributed by atoms with van der Waals surface area (Å²) in [5.74, 6) is 0. The molecular formula is C24H35N5O7Si. The zero-order valence-corrected chi connectivity index (χ0v) is 22.7. The molecule has 0 bridgehead atoms. The number of rotatable bonds is 16. The molecule has 2 aromatic carbocycles. The highest BCUT2D eigenvalue weighted by Crippen LogP contribution is 2.23. The van der Waals surface area contributed by atoms with E-state index in [2.05, 4.69) is 15.5 Å². The minimum atomic E-state index is -2.72. The number of alkyl carbamates (subject to hydrolysis) is 1. The molecule has 13 heteroatoms. The number of azo groups is 1. The van der Waals surface area contributed by atoms with Crippen LogP contribution in [0.2, 0.25) is 6.04 Å². The molecule has 0 spiro atoms. The van der Waals surface area contributed by atoms with Crippen LogP contribution in [-0.2, 0) is 18.0 Å². The molecule has 0 atom stereocenters. The number of non-ortho nitro benzene ring substituents is 1. The molecule has 0 saturated heterocycles. The van der Waals surface area contributed by atoms with Gasteiger partial charge in [-0.2, -0.15) is 10.2 Å². The molecule has 0 saturated carbocycles. The van der Waals surface area contributed by atoms with Crippen molar-refractivity contribution >= 4 is 37.6 Å². The Hall–Kier alpha value is -3.39. The van der Waals surface area contributed by atoms with E-state index < -0.39 is 19.8 Å². The molecule has 2 aromatic rings. The van der Waals surface area contributed by atoms with E-state index in [-0.39, 0.29) is 12.4 Å². The van der Waals surface area contributed by atoms with Crippen molar-refractivity contribution in [2.45, 2.75) is 33.2 Å². The number of nitrogens with zero attached hydrogens (tertiary/aromatic N) is 4. The number of anilines is 1. The molecule has 37 heavy (non-hydrogen) atoms. The van der Waals surface area contributed by atoms with Crippen LogP contribution in [-0.4, -0.2) is 60.0 Å². The lowest BCUT2D eigenvalue weighted by Gasteiger charge is -2.28. The number of hydrogen-bond donors (Lipinski definition) is 1. The van der Waals surface area contributed by atoms with Gasteiger partial charge in [0.25, 0.3) is 5.69 Å². The predicted molar refractivity (Wildman–Crippen MR) is 142 cm³/mol. The van der Waals surface area contributed by atoms with Crippen molar-refractivity contribution in [3.05, 3.63) is 58.6 Å². The van der Waals surface area contributed by atoms with Crippen LogP contribution in [0.4, 0.5) is 27.5 Å². The van der Waals surface area contributed by atoms with Gasteiger partial charge in [0, 0.05) is 57.3 Å². The third kappa shape index (κ3) is 10.2. The van der Waals surface area contributed by atoms with Gasteiger partial charge in [-0.05, 0) is 63.6 Å². The largest absolute Gasteiger partial charge is 0.500 e. The summed E-state index contributed by atoms with van der Waals surface area (Å²) in [6, 6.07) is 13.6. The topological polar surface area (TPSA) is 137 Å². The first-order chi connectivity index (χ1) is 17.8. The summed E-state index contributed by atoms with van der Waals surface area (Å²) in [7, 11) is -0.925. The fourth-order valence-corrected chi connectivity index (χ4v) is 5.92. The van der Waals surface area contributed by atoms with Crippen molar-refractivity contribution in [1.82, 2.24) is 5.32 Å². The number of hydrogen-bond acceptors (Lipinski definition) is 10. The number of benzene rings is 2. The summed E-state index contributed by atoms with van der Waals surface area (Å²) in [6.45, 7) is 7.74. The van der Waals surface area contributed by atoms with Crippen molar-refractivity contribution in [2.75, 3.05) is 45.0 Å². The maximum Gasteiger partial charge on any atom is 0.500 e. The molecule has 1 N–H and O–H groups in total. The molecule has 0 unspecified atom stereocenters. The van der Waals surface area contributed by atoms with Crippen molar-refractivity contribution in [1.29, 1.82) is 0 Å². The summed E-state index contributed by atoms with van der Waals surface area (Å²) in [4.78, 5) is 24.1. The zero-order valence-electron chi connectivity index (χ0n) is 21.7. The molecule has 2 rings (SSSR count). The minimum Gasteiger partial charge on any atom is -0.428 e. The van der Waals surface area contributed by atoms with E-state index in [1.807, 2.05) is 32.9 Å². The van der Waals surface area contributed by atoms with Gasteiger partial charge in [-0.1, -0.05) is 0 Å². The number of carbonyl (C=O) groups excluding carboxylic acids is 1. The monoisotopic (exact) mass is 533 g/mol. The number of amides is 1. The van der Waals surface area contributed by atoms with Gasteiger partial charge in [0.1, 0.15) is 0 Å².